The first kappa shape index (κ1) is 19.4. The highest BCUT2D eigenvalue weighted by Crippen LogP contribution is 2.44. The maximum Gasteiger partial charge on any atom is 0.343 e. The molecule has 1 aliphatic carbocycles. The van der Waals surface area contributed by atoms with Gasteiger partial charge in [0.15, 0.2) is 5.60 Å². The average Bonchev–Trinajstić information content (AvgIpc) is 3.16. The fourth-order valence-electron chi connectivity index (χ4n) is 5.63. The van der Waals surface area contributed by atoms with Gasteiger partial charge in [0.1, 0.15) is 12.4 Å². The number of aryl methyl sites for hydroxylation is 2. The number of nitrogens with one attached hydrogen (secondary N) is 1. The van der Waals surface area contributed by atoms with E-state index < -0.39 is 11.6 Å². The molecular weight excluding hydrogens is 413 g/mol. The fourth-order valence-corrected chi connectivity index (χ4v) is 5.63. The number of benzene rings is 1. The zero-order valence-corrected chi connectivity index (χ0v) is 17.8. The quantitative estimate of drug-likeness (QED) is 0.471. The fraction of sp³-hybridized carbons (Fsp3) is 0.375. The molecule has 0 fully saturated rings. The van der Waals surface area contributed by atoms with Gasteiger partial charge in [-0.1, -0.05) is 6.92 Å². The minimum absolute atomic E-state index is 0.0896. The summed E-state index contributed by atoms with van der Waals surface area (Å²) in [6, 6.07) is 3.14. The number of pyridine rings is 2. The van der Waals surface area contributed by atoms with Crippen LogP contribution in [0, 0.1) is 5.82 Å². The van der Waals surface area contributed by atoms with Crippen LogP contribution in [0.2, 0.25) is 0 Å². The summed E-state index contributed by atoms with van der Waals surface area (Å²) in [6.07, 6.45) is 2.57. The minimum atomic E-state index is -1.86. The van der Waals surface area contributed by atoms with E-state index in [1.807, 2.05) is 0 Å². The first-order valence-electron chi connectivity index (χ1n) is 10.9. The molecule has 0 spiro atoms. The smallest absolute Gasteiger partial charge is 0.343 e. The van der Waals surface area contributed by atoms with E-state index in [9.17, 15) is 19.1 Å². The lowest BCUT2D eigenvalue weighted by molar-refractivity contribution is -0.172. The van der Waals surface area contributed by atoms with E-state index in [-0.39, 0.29) is 30.0 Å². The number of hydrogen-bond acceptors (Lipinski definition) is 6. The van der Waals surface area contributed by atoms with Gasteiger partial charge in [0.2, 0.25) is 0 Å². The maximum atomic E-state index is 14.8. The standard InChI is InChI=1S/C24H22FN3O4/c1-3-24(31)15-7-18-21-13(9-28(18)22(29)14(15)10-32-23(24)30)11-5-4-6-12-19(11)17(27-21)8-16(25)20(12)26-2/h7-8,26,31H,3-6,9-10H2,1-2H3. The molecule has 1 unspecified atom stereocenters. The Bertz CT molecular complexity index is 1430. The average molecular weight is 435 g/mol. The molecule has 1 aromatic carbocycles. The second-order valence-corrected chi connectivity index (χ2v) is 8.73. The van der Waals surface area contributed by atoms with Crippen LogP contribution in [0.4, 0.5) is 10.1 Å². The van der Waals surface area contributed by atoms with Crippen molar-refractivity contribution in [2.24, 2.45) is 0 Å². The second-order valence-electron chi connectivity index (χ2n) is 8.73. The van der Waals surface area contributed by atoms with Crippen LogP contribution in [0.1, 0.15) is 47.6 Å². The number of esters is 1. The minimum Gasteiger partial charge on any atom is -0.458 e. The summed E-state index contributed by atoms with van der Waals surface area (Å²) in [5.41, 5.74) is 3.66. The lowest BCUT2D eigenvalue weighted by Gasteiger charge is -2.31. The number of aromatic nitrogens is 2. The number of nitrogens with zero attached hydrogens (tertiary/aromatic N) is 2. The van der Waals surface area contributed by atoms with Gasteiger partial charge in [0, 0.05) is 29.6 Å². The van der Waals surface area contributed by atoms with Crippen LogP contribution >= 0.6 is 0 Å². The van der Waals surface area contributed by atoms with Gasteiger partial charge < -0.3 is 19.7 Å². The highest BCUT2D eigenvalue weighted by Gasteiger charge is 2.45. The summed E-state index contributed by atoms with van der Waals surface area (Å²) in [7, 11) is 1.72. The second kappa shape index (κ2) is 6.38. The molecule has 0 radical (unpaired) electrons. The molecule has 4 heterocycles. The number of fused-ring (bicyclic) bond motifs is 5. The zero-order valence-electron chi connectivity index (χ0n) is 17.8. The first-order valence-corrected chi connectivity index (χ1v) is 10.9. The molecule has 0 saturated carbocycles. The predicted octanol–water partition coefficient (Wildman–Crippen LogP) is 2.75. The molecule has 7 nitrogen and oxygen atoms in total. The van der Waals surface area contributed by atoms with Crippen LogP contribution in [-0.2, 0) is 41.1 Å². The van der Waals surface area contributed by atoms with Crippen LogP contribution in [0.5, 0.6) is 0 Å². The number of aliphatic hydroxyl groups is 1. The molecule has 164 valence electrons. The Hall–Kier alpha value is -3.26. The molecule has 0 saturated heterocycles. The summed E-state index contributed by atoms with van der Waals surface area (Å²) in [5.74, 6) is -1.10. The number of hydrogen-bond donors (Lipinski definition) is 2. The van der Waals surface area contributed by atoms with Gasteiger partial charge in [0.25, 0.3) is 5.56 Å². The Balaban J connectivity index is 1.67. The van der Waals surface area contributed by atoms with Crippen molar-refractivity contribution in [2.75, 3.05) is 12.4 Å². The van der Waals surface area contributed by atoms with Gasteiger partial charge in [-0.3, -0.25) is 4.79 Å². The van der Waals surface area contributed by atoms with Gasteiger partial charge in [-0.2, -0.15) is 0 Å². The molecule has 6 rings (SSSR count). The van der Waals surface area contributed by atoms with Gasteiger partial charge in [0.05, 0.1) is 34.7 Å². The van der Waals surface area contributed by atoms with E-state index in [4.69, 9.17) is 9.72 Å². The van der Waals surface area contributed by atoms with Crippen molar-refractivity contribution in [3.05, 3.63) is 56.1 Å². The van der Waals surface area contributed by atoms with E-state index in [0.717, 1.165) is 41.3 Å². The summed E-state index contributed by atoms with van der Waals surface area (Å²) < 4.78 is 21.6. The summed E-state index contributed by atoms with van der Waals surface area (Å²) in [5, 5.41) is 15.0. The van der Waals surface area contributed by atoms with Crippen LogP contribution in [0.25, 0.3) is 22.3 Å². The first-order chi connectivity index (χ1) is 15.4. The van der Waals surface area contributed by atoms with Crippen molar-refractivity contribution in [3.63, 3.8) is 0 Å². The summed E-state index contributed by atoms with van der Waals surface area (Å²) in [6.45, 7) is 1.88. The Morgan fingerprint density at radius 3 is 2.75 bits per heavy atom. The number of ether oxygens (including phenoxy) is 1. The van der Waals surface area contributed by atoms with E-state index in [2.05, 4.69) is 5.32 Å². The highest BCUT2D eigenvalue weighted by atomic mass is 19.1. The molecule has 3 aliphatic rings. The number of carbonyl (C=O) groups is 1. The van der Waals surface area contributed by atoms with Crippen LogP contribution in [-0.4, -0.2) is 27.7 Å². The number of cyclic esters (lactones) is 1. The third-order valence-corrected chi connectivity index (χ3v) is 7.25. The predicted molar refractivity (Wildman–Crippen MR) is 116 cm³/mol. The molecule has 2 aliphatic heterocycles. The number of halogens is 1. The normalized spacial score (nSPS) is 20.6. The molecule has 0 bridgehead atoms. The Morgan fingerprint density at radius 2 is 2.00 bits per heavy atom. The van der Waals surface area contributed by atoms with Crippen LogP contribution < -0.4 is 10.9 Å². The molecule has 0 amide bonds. The molecular formula is C24H22FN3O4. The molecule has 1 atom stereocenters. The van der Waals surface area contributed by atoms with E-state index >= 15 is 0 Å². The van der Waals surface area contributed by atoms with Gasteiger partial charge >= 0.3 is 5.97 Å². The van der Waals surface area contributed by atoms with Crippen molar-refractivity contribution in [1.29, 1.82) is 0 Å². The number of anilines is 1. The maximum absolute atomic E-state index is 14.8. The third-order valence-electron chi connectivity index (χ3n) is 7.25. The van der Waals surface area contributed by atoms with E-state index in [0.29, 0.717) is 34.7 Å². The lowest BCUT2D eigenvalue weighted by atomic mass is 9.85. The van der Waals surface area contributed by atoms with E-state index in [1.165, 1.54) is 6.07 Å². The topological polar surface area (TPSA) is 93.5 Å². The largest absolute Gasteiger partial charge is 0.458 e. The van der Waals surface area contributed by atoms with Crippen molar-refractivity contribution in [2.45, 2.75) is 51.4 Å². The van der Waals surface area contributed by atoms with Crippen molar-refractivity contribution >= 4 is 22.6 Å². The summed E-state index contributed by atoms with van der Waals surface area (Å²) in [4.78, 5) is 30.5. The highest BCUT2D eigenvalue weighted by molar-refractivity contribution is 5.95. The zero-order chi connectivity index (χ0) is 22.4. The van der Waals surface area contributed by atoms with Crippen molar-refractivity contribution in [3.8, 4) is 11.4 Å². The van der Waals surface area contributed by atoms with Gasteiger partial charge in [-0.15, -0.1) is 0 Å². The Morgan fingerprint density at radius 1 is 1.22 bits per heavy atom. The molecule has 2 aromatic heterocycles. The number of carbonyl (C=O) groups excluding carboxylic acids is 1. The van der Waals surface area contributed by atoms with Gasteiger partial charge in [-0.25, -0.2) is 14.2 Å². The SMILES string of the molecule is CCC1(O)C(=O)OCc2c1cc1n(c2=O)Cc2c-1nc1cc(F)c(NC)c3c1c2CCC3. The molecule has 3 aromatic rings. The monoisotopic (exact) mass is 435 g/mol. The number of rotatable bonds is 2. The summed E-state index contributed by atoms with van der Waals surface area (Å²) >= 11 is 0. The van der Waals surface area contributed by atoms with Crippen molar-refractivity contribution < 1.29 is 19.0 Å². The van der Waals surface area contributed by atoms with Crippen LogP contribution in [0.3, 0.4) is 0 Å². The van der Waals surface area contributed by atoms with Crippen LogP contribution in [0.15, 0.2) is 16.9 Å². The van der Waals surface area contributed by atoms with Crippen molar-refractivity contribution in [1.82, 2.24) is 9.55 Å². The lowest BCUT2D eigenvalue weighted by Crippen LogP contribution is -2.44. The molecule has 2 N–H and O–H groups in total. The van der Waals surface area contributed by atoms with Gasteiger partial charge in [-0.05, 0) is 42.9 Å². The molecule has 32 heavy (non-hydrogen) atoms. The Labute approximate surface area is 182 Å². The third kappa shape index (κ3) is 2.25. The molecule has 8 heteroatoms. The Kier molecular flexibility index (Phi) is 3.88. The van der Waals surface area contributed by atoms with E-state index in [1.54, 1.807) is 24.6 Å².